The Labute approximate surface area is 113 Å². The van der Waals surface area contributed by atoms with Gasteiger partial charge in [-0.3, -0.25) is 4.79 Å². The fourth-order valence-electron chi connectivity index (χ4n) is 1.84. The van der Waals surface area contributed by atoms with Crippen LogP contribution < -0.4 is 5.32 Å². The second kappa shape index (κ2) is 5.04. The summed E-state index contributed by atoms with van der Waals surface area (Å²) in [4.78, 5) is 12.1. The molecule has 1 aromatic rings. The summed E-state index contributed by atoms with van der Waals surface area (Å²) in [6.07, 6.45) is 0. The first-order valence-electron chi connectivity index (χ1n) is 5.40. The molecule has 0 spiro atoms. The number of carbonyl (C=O) groups is 1. The van der Waals surface area contributed by atoms with Crippen LogP contribution in [0.4, 0.5) is 4.39 Å². The summed E-state index contributed by atoms with van der Waals surface area (Å²) in [5, 5.41) is 3.07. The van der Waals surface area contributed by atoms with Gasteiger partial charge in [0.1, 0.15) is 0 Å². The number of hydrogen-bond donors (Lipinski definition) is 1. The molecule has 92 valence electrons. The average molecular weight is 321 g/mol. The van der Waals surface area contributed by atoms with Crippen LogP contribution in [0.15, 0.2) is 16.6 Å². The van der Waals surface area contributed by atoms with E-state index in [-0.39, 0.29) is 22.3 Å². The first-order chi connectivity index (χ1) is 8.02. The topological polar surface area (TPSA) is 29.1 Å². The molecule has 0 saturated carbocycles. The molecule has 17 heavy (non-hydrogen) atoms. The highest BCUT2D eigenvalue weighted by Gasteiger charge is 2.31. The van der Waals surface area contributed by atoms with Gasteiger partial charge in [-0.1, -0.05) is 18.5 Å². The number of hydrogen-bond acceptors (Lipinski definition) is 2. The molecule has 0 aromatic heterocycles. The molecule has 0 bridgehead atoms. The lowest BCUT2D eigenvalue weighted by Gasteiger charge is -2.31. The van der Waals surface area contributed by atoms with Gasteiger partial charge in [-0.15, -0.1) is 0 Å². The summed E-state index contributed by atoms with van der Waals surface area (Å²) in [5.41, 5.74) is 0.0811. The van der Waals surface area contributed by atoms with Gasteiger partial charge in [0.05, 0.1) is 10.6 Å². The number of carbonyl (C=O) groups excluding carboxylic acids is 1. The molecule has 1 unspecified atom stereocenters. The van der Waals surface area contributed by atoms with Crippen molar-refractivity contribution in [2.75, 3.05) is 13.1 Å². The molecule has 5 heteroatoms. The minimum absolute atomic E-state index is 0.0326. The van der Waals surface area contributed by atoms with Gasteiger partial charge in [0.25, 0.3) is 0 Å². The van der Waals surface area contributed by atoms with Crippen LogP contribution in [-0.4, -0.2) is 18.9 Å². The van der Waals surface area contributed by atoms with Crippen LogP contribution in [0.3, 0.4) is 0 Å². The van der Waals surface area contributed by atoms with Gasteiger partial charge in [0.15, 0.2) is 11.6 Å². The largest absolute Gasteiger partial charge is 0.316 e. The third kappa shape index (κ3) is 2.39. The molecule has 1 aliphatic rings. The molecule has 1 heterocycles. The van der Waals surface area contributed by atoms with E-state index in [9.17, 15) is 9.18 Å². The number of ketones is 1. The number of halogens is 3. The second-order valence-corrected chi connectivity index (χ2v) is 5.53. The minimum atomic E-state index is -0.634. The summed E-state index contributed by atoms with van der Waals surface area (Å²) in [5.74, 6) is -0.694. The lowest BCUT2D eigenvalue weighted by Crippen LogP contribution is -2.47. The Kier molecular flexibility index (Phi) is 3.85. The lowest BCUT2D eigenvalue weighted by atomic mass is 9.83. The zero-order valence-corrected chi connectivity index (χ0v) is 11.6. The molecule has 1 aromatic carbocycles. The molecule has 2 nitrogen and oxygen atoms in total. The van der Waals surface area contributed by atoms with E-state index >= 15 is 0 Å². The molecule has 1 saturated heterocycles. The van der Waals surface area contributed by atoms with Crippen molar-refractivity contribution < 1.29 is 9.18 Å². The number of rotatable bonds is 3. The van der Waals surface area contributed by atoms with Crippen LogP contribution in [0.25, 0.3) is 0 Å². The molecule has 1 aliphatic heterocycles. The van der Waals surface area contributed by atoms with E-state index in [2.05, 4.69) is 21.2 Å². The maximum absolute atomic E-state index is 13.9. The molecule has 2 rings (SSSR count). The Balaban J connectivity index is 2.27. The zero-order chi connectivity index (χ0) is 12.6. The molecule has 0 aliphatic carbocycles. The minimum Gasteiger partial charge on any atom is -0.316 e. The molecule has 1 fully saturated rings. The number of nitrogens with one attached hydrogen (secondary N) is 1. The van der Waals surface area contributed by atoms with Crippen LogP contribution in [0.2, 0.25) is 5.02 Å². The molecule has 0 radical (unpaired) electrons. The highest BCUT2D eigenvalue weighted by atomic mass is 79.9. The Hall–Kier alpha value is -0.450. The zero-order valence-electron chi connectivity index (χ0n) is 9.27. The first kappa shape index (κ1) is 13.0. The number of benzene rings is 1. The van der Waals surface area contributed by atoms with Gasteiger partial charge in [-0.25, -0.2) is 4.39 Å². The standard InChI is InChI=1S/C12H12BrClFNO/c1-6(7-4-16-5-7)12(17)8-2-3-9(13)10(14)11(8)15/h2-3,6-7,16H,4-5H2,1H3. The van der Waals surface area contributed by atoms with Crippen molar-refractivity contribution in [3.63, 3.8) is 0 Å². The van der Waals surface area contributed by atoms with Crippen molar-refractivity contribution in [3.8, 4) is 0 Å². The van der Waals surface area contributed by atoms with Crippen LogP contribution in [0, 0.1) is 17.7 Å². The molecule has 1 N–H and O–H groups in total. The summed E-state index contributed by atoms with van der Waals surface area (Å²) >= 11 is 8.90. The molecule has 1 atom stereocenters. The van der Waals surface area contributed by atoms with Crippen LogP contribution in [-0.2, 0) is 0 Å². The number of Topliss-reactive ketones (excluding diaryl/α,β-unsaturated/α-hetero) is 1. The van der Waals surface area contributed by atoms with Crippen molar-refractivity contribution in [2.24, 2.45) is 11.8 Å². The van der Waals surface area contributed by atoms with Crippen LogP contribution >= 0.6 is 27.5 Å². The monoisotopic (exact) mass is 319 g/mol. The third-order valence-electron chi connectivity index (χ3n) is 3.23. The first-order valence-corrected chi connectivity index (χ1v) is 6.58. The second-order valence-electron chi connectivity index (χ2n) is 4.29. The average Bonchev–Trinajstić information content (AvgIpc) is 2.23. The van der Waals surface area contributed by atoms with Crippen molar-refractivity contribution in [1.82, 2.24) is 5.32 Å². The van der Waals surface area contributed by atoms with Crippen LogP contribution in [0.1, 0.15) is 17.3 Å². The van der Waals surface area contributed by atoms with Crippen LogP contribution in [0.5, 0.6) is 0 Å². The highest BCUT2D eigenvalue weighted by Crippen LogP contribution is 2.30. The van der Waals surface area contributed by atoms with E-state index in [0.29, 0.717) is 10.4 Å². The van der Waals surface area contributed by atoms with Crippen molar-refractivity contribution >= 4 is 33.3 Å². The fraction of sp³-hybridized carbons (Fsp3) is 0.417. The quantitative estimate of drug-likeness (QED) is 0.684. The molecular weight excluding hydrogens is 308 g/mol. The Morgan fingerprint density at radius 2 is 2.24 bits per heavy atom. The molecule has 0 amide bonds. The summed E-state index contributed by atoms with van der Waals surface area (Å²) < 4.78 is 14.3. The SMILES string of the molecule is CC(C(=O)c1ccc(Br)c(Cl)c1F)C1CNC1. The van der Waals surface area contributed by atoms with Gasteiger partial charge >= 0.3 is 0 Å². The lowest BCUT2D eigenvalue weighted by molar-refractivity contribution is 0.0849. The Bertz CT molecular complexity index is 462. The Morgan fingerprint density at radius 3 is 2.76 bits per heavy atom. The van der Waals surface area contributed by atoms with Crippen molar-refractivity contribution in [1.29, 1.82) is 0 Å². The Morgan fingerprint density at radius 1 is 1.59 bits per heavy atom. The summed E-state index contributed by atoms with van der Waals surface area (Å²) in [6.45, 7) is 3.47. The normalized spacial score (nSPS) is 17.6. The van der Waals surface area contributed by atoms with Gasteiger partial charge in [0, 0.05) is 10.4 Å². The smallest absolute Gasteiger partial charge is 0.169 e. The van der Waals surface area contributed by atoms with E-state index in [0.717, 1.165) is 13.1 Å². The molecular formula is C12H12BrClFNO. The van der Waals surface area contributed by atoms with E-state index in [1.54, 1.807) is 6.07 Å². The predicted octanol–water partition coefficient (Wildman–Crippen LogP) is 3.28. The maximum atomic E-state index is 13.9. The third-order valence-corrected chi connectivity index (χ3v) is 4.49. The summed E-state index contributed by atoms with van der Waals surface area (Å²) in [7, 11) is 0. The van der Waals surface area contributed by atoms with E-state index in [4.69, 9.17) is 11.6 Å². The van der Waals surface area contributed by atoms with Crippen molar-refractivity contribution in [3.05, 3.63) is 33.0 Å². The highest BCUT2D eigenvalue weighted by molar-refractivity contribution is 9.10. The fourth-order valence-corrected chi connectivity index (χ4v) is 2.31. The van der Waals surface area contributed by atoms with Crippen molar-refractivity contribution in [2.45, 2.75) is 6.92 Å². The van der Waals surface area contributed by atoms with Gasteiger partial charge in [-0.05, 0) is 47.1 Å². The van der Waals surface area contributed by atoms with Gasteiger partial charge in [-0.2, -0.15) is 0 Å². The van der Waals surface area contributed by atoms with Gasteiger partial charge in [0.2, 0.25) is 0 Å². The van der Waals surface area contributed by atoms with E-state index < -0.39 is 5.82 Å². The van der Waals surface area contributed by atoms with E-state index in [1.165, 1.54) is 6.07 Å². The van der Waals surface area contributed by atoms with E-state index in [1.807, 2.05) is 6.92 Å². The summed E-state index contributed by atoms with van der Waals surface area (Å²) in [6, 6.07) is 3.08. The maximum Gasteiger partial charge on any atom is 0.169 e. The van der Waals surface area contributed by atoms with Gasteiger partial charge < -0.3 is 5.32 Å². The predicted molar refractivity (Wildman–Crippen MR) is 69.0 cm³/mol.